The Morgan fingerprint density at radius 2 is 2.06 bits per heavy atom. The number of aromatic nitrogens is 6. The highest BCUT2D eigenvalue weighted by Gasteiger charge is 2.34. The first-order valence-corrected chi connectivity index (χ1v) is 18.6. The Morgan fingerprint density at radius 1 is 1.17 bits per heavy atom. The number of hydrogen-bond donors (Lipinski definition) is 1. The summed E-state index contributed by atoms with van der Waals surface area (Å²) in [6.45, 7) is 3.30. The van der Waals surface area contributed by atoms with Crippen molar-refractivity contribution in [3.8, 4) is 10.6 Å². The second-order valence-electron chi connectivity index (χ2n) is 12.3. The van der Waals surface area contributed by atoms with Crippen molar-refractivity contribution in [1.29, 1.82) is 0 Å². The standard InChI is InChI=1S/C32H32N8O3S4/c1-17-9-26-34-13-20(14-39(26)36-17)32-35-31-29(47-32)28(30(33)42)37-40(31)15-27(41)38-6-2-7-43-16-21(38)22(44)11-18-3-4-19(10-18)24-12-25-23(46-24)5-8-45-25/h5,8-9,12-14,18-19,21H,2-4,6-7,10-11,15-16H2,1H3,(H2,33,42)/t18?,19?,21-/m1/s1. The van der Waals surface area contributed by atoms with Crippen molar-refractivity contribution in [2.75, 3.05) is 19.8 Å². The van der Waals surface area contributed by atoms with Gasteiger partial charge in [0.05, 0.1) is 18.3 Å². The summed E-state index contributed by atoms with van der Waals surface area (Å²) in [6, 6.07) is 6.17. The monoisotopic (exact) mass is 704 g/mol. The predicted molar refractivity (Wildman–Crippen MR) is 189 cm³/mol. The van der Waals surface area contributed by atoms with Crippen LogP contribution in [0.4, 0.5) is 0 Å². The first-order valence-electron chi connectivity index (χ1n) is 15.7. The van der Waals surface area contributed by atoms with Crippen molar-refractivity contribution in [3.63, 3.8) is 0 Å². The number of amides is 2. The molecule has 0 aromatic carbocycles. The number of thiazole rings is 1. The fourth-order valence-corrected chi connectivity index (χ4v) is 10.6. The predicted octanol–water partition coefficient (Wildman–Crippen LogP) is 5.85. The van der Waals surface area contributed by atoms with Crippen molar-refractivity contribution in [2.24, 2.45) is 11.7 Å². The van der Waals surface area contributed by atoms with E-state index in [0.717, 1.165) is 47.5 Å². The van der Waals surface area contributed by atoms with Gasteiger partial charge in [-0.05, 0) is 68.4 Å². The zero-order chi connectivity index (χ0) is 32.2. The van der Waals surface area contributed by atoms with Crippen LogP contribution >= 0.6 is 46.2 Å². The van der Waals surface area contributed by atoms with Crippen LogP contribution in [0.25, 0.3) is 36.0 Å². The average molecular weight is 705 g/mol. The van der Waals surface area contributed by atoms with Crippen molar-refractivity contribution in [1.82, 2.24) is 34.3 Å². The number of aryl methyl sites for hydroxylation is 1. The number of hydrogen-bond acceptors (Lipinski definition) is 11. The van der Waals surface area contributed by atoms with E-state index in [4.69, 9.17) is 27.7 Å². The van der Waals surface area contributed by atoms with E-state index in [1.807, 2.05) is 35.4 Å². The number of nitrogens with two attached hydrogens (primary N) is 1. The molecule has 3 atom stereocenters. The van der Waals surface area contributed by atoms with Crippen molar-refractivity contribution < 1.29 is 14.3 Å². The Kier molecular flexibility index (Phi) is 8.12. The highest BCUT2D eigenvalue weighted by Crippen LogP contribution is 2.45. The normalized spacial score (nSPS) is 20.4. The maximum atomic E-state index is 14.0. The number of primary amides is 1. The van der Waals surface area contributed by atoms with Crippen LogP contribution in [-0.2, 0) is 16.1 Å². The van der Waals surface area contributed by atoms with E-state index in [9.17, 15) is 9.59 Å². The molecule has 1 aliphatic heterocycles. The van der Waals surface area contributed by atoms with Gasteiger partial charge in [0, 0.05) is 56.3 Å². The lowest BCUT2D eigenvalue weighted by Crippen LogP contribution is -2.48. The van der Waals surface area contributed by atoms with Crippen LogP contribution in [-0.4, -0.2) is 76.7 Å². The largest absolute Gasteiger partial charge is 0.379 e. The molecule has 2 fully saturated rings. The lowest BCUT2D eigenvalue weighted by atomic mass is 9.96. The van der Waals surface area contributed by atoms with Crippen LogP contribution in [0.5, 0.6) is 0 Å². The van der Waals surface area contributed by atoms with Crippen LogP contribution in [0.2, 0.25) is 0 Å². The summed E-state index contributed by atoms with van der Waals surface area (Å²) in [5.74, 6) is 0.245. The molecule has 6 aromatic heterocycles. The molecule has 11 nitrogen and oxygen atoms in total. The van der Waals surface area contributed by atoms with Gasteiger partial charge in [0.25, 0.3) is 5.91 Å². The van der Waals surface area contributed by atoms with E-state index >= 15 is 0 Å². The number of nitrogens with zero attached hydrogens (tertiary/aromatic N) is 7. The maximum absolute atomic E-state index is 14.0. The third-order valence-corrected chi connectivity index (χ3v) is 12.9. The first-order chi connectivity index (χ1) is 22.8. The van der Waals surface area contributed by atoms with Crippen LogP contribution in [0, 0.1) is 12.8 Å². The minimum absolute atomic E-state index is 0.0909. The summed E-state index contributed by atoms with van der Waals surface area (Å²) in [7, 11) is 0. The van der Waals surface area contributed by atoms with E-state index < -0.39 is 5.91 Å². The molecular weight excluding hydrogens is 673 g/mol. The van der Waals surface area contributed by atoms with Crippen molar-refractivity contribution in [2.45, 2.75) is 57.5 Å². The number of fused-ring (bicyclic) bond motifs is 3. The minimum Gasteiger partial charge on any atom is -0.379 e. The smallest absolute Gasteiger partial charge is 0.270 e. The van der Waals surface area contributed by atoms with Gasteiger partial charge in [0.15, 0.2) is 17.0 Å². The molecule has 1 aliphatic carbocycles. The van der Waals surface area contributed by atoms with Gasteiger partial charge in [-0.2, -0.15) is 10.2 Å². The molecule has 1 saturated carbocycles. The van der Waals surface area contributed by atoms with Gasteiger partial charge >= 0.3 is 0 Å². The lowest BCUT2D eigenvalue weighted by Gasteiger charge is -2.31. The van der Waals surface area contributed by atoms with Crippen LogP contribution < -0.4 is 5.73 Å². The zero-order valence-electron chi connectivity index (χ0n) is 25.6. The van der Waals surface area contributed by atoms with Gasteiger partial charge in [-0.3, -0.25) is 9.59 Å². The quantitative estimate of drug-likeness (QED) is 0.195. The average Bonchev–Trinajstić information content (AvgIpc) is 3.87. The summed E-state index contributed by atoms with van der Waals surface area (Å²) >= 11 is 11.1. The number of carbonyl (C=O) groups is 2. The Morgan fingerprint density at radius 3 is 2.91 bits per heavy atom. The zero-order valence-corrected chi connectivity index (χ0v) is 28.9. The molecule has 47 heavy (non-hydrogen) atoms. The summed E-state index contributed by atoms with van der Waals surface area (Å²) < 4.78 is 12.4. The Labute approximate surface area is 287 Å². The van der Waals surface area contributed by atoms with Crippen molar-refractivity contribution >= 4 is 88.3 Å². The second kappa shape index (κ2) is 12.4. The van der Waals surface area contributed by atoms with Gasteiger partial charge in [-0.25, -0.2) is 19.2 Å². The highest BCUT2D eigenvalue weighted by molar-refractivity contribution is 7.80. The van der Waals surface area contributed by atoms with E-state index in [0.29, 0.717) is 46.9 Å². The molecule has 7 heterocycles. The van der Waals surface area contributed by atoms with Crippen molar-refractivity contribution in [3.05, 3.63) is 52.2 Å². The topological polar surface area (TPSA) is 134 Å². The number of ether oxygens (including phenoxy) is 1. The summed E-state index contributed by atoms with van der Waals surface area (Å²) in [4.78, 5) is 39.9. The van der Waals surface area contributed by atoms with Gasteiger partial charge < -0.3 is 15.4 Å². The van der Waals surface area contributed by atoms with E-state index in [1.165, 1.54) is 36.7 Å². The van der Waals surface area contributed by atoms with E-state index in [1.54, 1.807) is 22.0 Å². The Hall–Kier alpha value is -3.63. The van der Waals surface area contributed by atoms with Crippen LogP contribution in [0.1, 0.15) is 59.1 Å². The Bertz CT molecular complexity index is 2130. The molecule has 0 bridgehead atoms. The molecule has 2 unspecified atom stereocenters. The number of thiocarbonyl (C=S) groups is 1. The summed E-state index contributed by atoms with van der Waals surface area (Å²) in [5, 5.41) is 11.7. The van der Waals surface area contributed by atoms with Crippen LogP contribution in [0.15, 0.2) is 36.0 Å². The molecule has 8 rings (SSSR count). The minimum atomic E-state index is -0.674. The second-order valence-corrected chi connectivity index (χ2v) is 15.9. The van der Waals surface area contributed by atoms with E-state index in [2.05, 4.69) is 32.7 Å². The molecular formula is C32H32N8O3S4. The highest BCUT2D eigenvalue weighted by atomic mass is 32.1. The molecule has 2 aliphatic rings. The third-order valence-electron chi connectivity index (χ3n) is 9.11. The molecule has 15 heteroatoms. The molecule has 6 aromatic rings. The third kappa shape index (κ3) is 5.88. The first kappa shape index (κ1) is 30.7. The van der Waals surface area contributed by atoms with Gasteiger partial charge in [-0.15, -0.1) is 34.0 Å². The maximum Gasteiger partial charge on any atom is 0.270 e. The van der Waals surface area contributed by atoms with Crippen LogP contribution in [0.3, 0.4) is 0 Å². The summed E-state index contributed by atoms with van der Waals surface area (Å²) in [6.07, 6.45) is 8.50. The summed E-state index contributed by atoms with van der Waals surface area (Å²) in [5.41, 5.74) is 8.56. The SMILES string of the molecule is Cc1cc2ncc(-c3nc4c(s3)c(C(N)=O)nn4CC(=O)N3CCCOC[C@@H]3C(=S)CC3CCC(c4cc5sccc5s4)C3)cn2n1. The lowest BCUT2D eigenvalue weighted by molar-refractivity contribution is -0.133. The molecule has 2 N–H and O–H groups in total. The number of carbonyl (C=O) groups excluding carboxylic acids is 2. The number of rotatable bonds is 8. The van der Waals surface area contributed by atoms with Gasteiger partial charge in [0.1, 0.15) is 16.3 Å². The molecule has 1 saturated heterocycles. The molecule has 0 radical (unpaired) electrons. The Balaban J connectivity index is 1.01. The fourth-order valence-electron chi connectivity index (χ4n) is 6.84. The molecule has 0 spiro atoms. The fraction of sp³-hybridized carbons (Fsp3) is 0.406. The number of thiophene rings is 2. The van der Waals surface area contributed by atoms with E-state index in [-0.39, 0.29) is 24.2 Å². The van der Waals surface area contributed by atoms with Gasteiger partial charge in [-0.1, -0.05) is 12.2 Å². The van der Waals surface area contributed by atoms with Gasteiger partial charge in [0.2, 0.25) is 5.91 Å². The molecule has 2 amide bonds. The molecule has 242 valence electrons.